The number of anilines is 1. The second kappa shape index (κ2) is 5.88. The van der Waals surface area contributed by atoms with Crippen molar-refractivity contribution in [2.75, 3.05) is 17.6 Å². The Kier molecular flexibility index (Phi) is 3.98. The summed E-state index contributed by atoms with van der Waals surface area (Å²) in [5.41, 5.74) is 0.815. The lowest BCUT2D eigenvalue weighted by molar-refractivity contribution is -0.123. The van der Waals surface area contributed by atoms with Gasteiger partial charge >= 0.3 is 0 Å². The van der Waals surface area contributed by atoms with Gasteiger partial charge in [0, 0.05) is 17.1 Å². The summed E-state index contributed by atoms with van der Waals surface area (Å²) in [6, 6.07) is 7.61. The number of nitrogens with zero attached hydrogens (tertiary/aromatic N) is 1. The number of carbonyl (C=O) groups is 2. The van der Waals surface area contributed by atoms with E-state index in [0.717, 1.165) is 22.9 Å². The lowest BCUT2D eigenvalue weighted by atomic mass is 10.2. The molecule has 7 heteroatoms. The van der Waals surface area contributed by atoms with E-state index in [0.29, 0.717) is 5.17 Å². The van der Waals surface area contributed by atoms with Gasteiger partial charge in [-0.3, -0.25) is 14.6 Å². The van der Waals surface area contributed by atoms with Crippen molar-refractivity contribution < 1.29 is 9.59 Å². The zero-order chi connectivity index (χ0) is 13.9. The maximum Gasteiger partial charge on any atom is 0.238 e. The third kappa shape index (κ3) is 2.99. The molecule has 0 radical (unpaired) electrons. The first-order valence-electron chi connectivity index (χ1n) is 6.26. The Hall–Kier alpha value is -1.47. The molecule has 1 aromatic rings. The quantitative estimate of drug-likeness (QED) is 0.872. The molecule has 0 bridgehead atoms. The van der Waals surface area contributed by atoms with Gasteiger partial charge in [0.05, 0.1) is 17.5 Å². The van der Waals surface area contributed by atoms with E-state index < -0.39 is 5.25 Å². The first-order chi connectivity index (χ1) is 9.72. The zero-order valence-corrected chi connectivity index (χ0v) is 12.2. The third-order valence-corrected chi connectivity index (χ3v) is 5.08. The van der Waals surface area contributed by atoms with Gasteiger partial charge in [-0.1, -0.05) is 23.9 Å². The molecule has 0 saturated heterocycles. The molecule has 2 aliphatic rings. The van der Waals surface area contributed by atoms with Crippen molar-refractivity contribution >= 4 is 46.2 Å². The van der Waals surface area contributed by atoms with Crippen LogP contribution in [0.2, 0.25) is 0 Å². The molecule has 0 saturated carbocycles. The van der Waals surface area contributed by atoms with Gasteiger partial charge < -0.3 is 10.6 Å². The molecule has 20 heavy (non-hydrogen) atoms. The van der Waals surface area contributed by atoms with Crippen molar-refractivity contribution in [2.24, 2.45) is 4.99 Å². The van der Waals surface area contributed by atoms with Crippen LogP contribution < -0.4 is 10.6 Å². The fourth-order valence-corrected chi connectivity index (χ4v) is 3.83. The number of amides is 2. The Morgan fingerprint density at radius 1 is 1.45 bits per heavy atom. The summed E-state index contributed by atoms with van der Waals surface area (Å²) in [4.78, 5) is 29.1. The number of thioether (sulfide) groups is 2. The van der Waals surface area contributed by atoms with Gasteiger partial charge in [-0.25, -0.2) is 0 Å². The maximum atomic E-state index is 12.0. The highest BCUT2D eigenvalue weighted by Gasteiger charge is 2.29. The number of aliphatic imine (C=N–C) groups is 1. The minimum Gasteiger partial charge on any atom is -0.324 e. The minimum absolute atomic E-state index is 0.120. The van der Waals surface area contributed by atoms with Gasteiger partial charge in [0.15, 0.2) is 5.17 Å². The predicted molar refractivity (Wildman–Crippen MR) is 82.2 cm³/mol. The van der Waals surface area contributed by atoms with Crippen LogP contribution in [0.5, 0.6) is 0 Å². The van der Waals surface area contributed by atoms with E-state index >= 15 is 0 Å². The molecule has 0 aliphatic carbocycles. The van der Waals surface area contributed by atoms with Gasteiger partial charge in [0.2, 0.25) is 11.8 Å². The molecule has 104 valence electrons. The van der Waals surface area contributed by atoms with E-state index in [1.54, 1.807) is 0 Å². The highest BCUT2D eigenvalue weighted by Crippen LogP contribution is 2.36. The standard InChI is InChI=1S/C13H13N3O2S2/c17-11(16-13-14-5-6-19-13)7-10-12(18)15-8-3-1-2-4-9(8)20-10/h1-4,10H,5-7H2,(H,15,18)(H,14,16,17)/t10-/m0/s1. The Bertz CT molecular complexity index is 589. The predicted octanol–water partition coefficient (Wildman–Crippen LogP) is 1.71. The number of hydrogen-bond donors (Lipinski definition) is 2. The molecule has 5 nitrogen and oxygen atoms in total. The van der Waals surface area contributed by atoms with Gasteiger partial charge in [0.25, 0.3) is 0 Å². The van der Waals surface area contributed by atoms with Gasteiger partial charge in [-0.05, 0) is 12.1 Å². The molecule has 0 aromatic heterocycles. The zero-order valence-electron chi connectivity index (χ0n) is 10.6. The van der Waals surface area contributed by atoms with Gasteiger partial charge in [-0.15, -0.1) is 11.8 Å². The van der Waals surface area contributed by atoms with Crippen molar-refractivity contribution in [3.05, 3.63) is 24.3 Å². The van der Waals surface area contributed by atoms with Crippen molar-refractivity contribution in [3.8, 4) is 0 Å². The van der Waals surface area contributed by atoms with Crippen LogP contribution in [0.4, 0.5) is 5.69 Å². The minimum atomic E-state index is -0.392. The second-order valence-corrected chi connectivity index (χ2v) is 6.71. The Morgan fingerprint density at radius 2 is 2.30 bits per heavy atom. The van der Waals surface area contributed by atoms with Crippen LogP contribution in [0, 0.1) is 0 Å². The summed E-state index contributed by atoms with van der Waals surface area (Å²) in [7, 11) is 0. The van der Waals surface area contributed by atoms with Crippen LogP contribution in [0.15, 0.2) is 34.2 Å². The van der Waals surface area contributed by atoms with Crippen molar-refractivity contribution in [1.82, 2.24) is 5.32 Å². The molecule has 2 N–H and O–H groups in total. The number of benzene rings is 1. The summed E-state index contributed by atoms with van der Waals surface area (Å²) in [5.74, 6) is 0.622. The summed E-state index contributed by atoms with van der Waals surface area (Å²) in [6.07, 6.45) is 0.157. The smallest absolute Gasteiger partial charge is 0.238 e. The number of nitrogens with one attached hydrogen (secondary N) is 2. The van der Waals surface area contributed by atoms with E-state index in [1.807, 2.05) is 24.3 Å². The van der Waals surface area contributed by atoms with Crippen LogP contribution >= 0.6 is 23.5 Å². The van der Waals surface area contributed by atoms with Crippen LogP contribution in [0.1, 0.15) is 6.42 Å². The average molecular weight is 307 g/mol. The van der Waals surface area contributed by atoms with Crippen LogP contribution in [0.25, 0.3) is 0 Å². The first kappa shape index (κ1) is 13.5. The lowest BCUT2D eigenvalue weighted by Crippen LogP contribution is -2.36. The van der Waals surface area contributed by atoms with Gasteiger partial charge in [-0.2, -0.15) is 0 Å². The SMILES string of the molecule is O=C(C[C@@H]1Sc2ccccc2NC1=O)NC1=NCCS1. The molecule has 1 aromatic carbocycles. The number of amidine groups is 1. The maximum absolute atomic E-state index is 12.0. The average Bonchev–Trinajstić information content (AvgIpc) is 2.92. The molecule has 2 amide bonds. The number of hydrogen-bond acceptors (Lipinski definition) is 5. The molecular weight excluding hydrogens is 294 g/mol. The Balaban J connectivity index is 1.63. The molecular formula is C13H13N3O2S2. The summed E-state index contributed by atoms with van der Waals surface area (Å²) < 4.78 is 0. The monoisotopic (exact) mass is 307 g/mol. The Labute approximate surface area is 125 Å². The van der Waals surface area contributed by atoms with Gasteiger partial charge in [0.1, 0.15) is 0 Å². The molecule has 0 spiro atoms. The highest BCUT2D eigenvalue weighted by atomic mass is 32.2. The van der Waals surface area contributed by atoms with E-state index in [-0.39, 0.29) is 18.2 Å². The van der Waals surface area contributed by atoms with E-state index in [2.05, 4.69) is 15.6 Å². The summed E-state index contributed by atoms with van der Waals surface area (Å²) in [5, 5.41) is 5.86. The number of para-hydroxylation sites is 1. The molecule has 2 heterocycles. The Morgan fingerprint density at radius 3 is 3.10 bits per heavy atom. The fourth-order valence-electron chi connectivity index (χ4n) is 1.98. The molecule has 1 atom stereocenters. The van der Waals surface area contributed by atoms with E-state index in [4.69, 9.17) is 0 Å². The fraction of sp³-hybridized carbons (Fsp3) is 0.308. The molecule has 3 rings (SSSR count). The number of carbonyl (C=O) groups excluding carboxylic acids is 2. The second-order valence-electron chi connectivity index (χ2n) is 4.38. The summed E-state index contributed by atoms with van der Waals surface area (Å²) in [6.45, 7) is 0.742. The highest BCUT2D eigenvalue weighted by molar-refractivity contribution is 8.14. The van der Waals surface area contributed by atoms with Crippen molar-refractivity contribution in [2.45, 2.75) is 16.6 Å². The molecule has 2 aliphatic heterocycles. The van der Waals surface area contributed by atoms with Crippen molar-refractivity contribution in [3.63, 3.8) is 0 Å². The van der Waals surface area contributed by atoms with E-state index in [9.17, 15) is 9.59 Å². The molecule has 0 fully saturated rings. The number of fused-ring (bicyclic) bond motifs is 1. The normalized spacial score (nSPS) is 20.9. The van der Waals surface area contributed by atoms with Crippen LogP contribution in [-0.4, -0.2) is 34.5 Å². The molecule has 0 unspecified atom stereocenters. The van der Waals surface area contributed by atoms with Crippen molar-refractivity contribution in [1.29, 1.82) is 0 Å². The lowest BCUT2D eigenvalue weighted by Gasteiger charge is -2.23. The van der Waals surface area contributed by atoms with E-state index in [1.165, 1.54) is 23.5 Å². The van der Waals surface area contributed by atoms with Crippen LogP contribution in [0.3, 0.4) is 0 Å². The van der Waals surface area contributed by atoms with Crippen LogP contribution in [-0.2, 0) is 9.59 Å². The largest absolute Gasteiger partial charge is 0.324 e. The first-order valence-corrected chi connectivity index (χ1v) is 8.12. The summed E-state index contributed by atoms with van der Waals surface area (Å²) >= 11 is 2.96. The number of rotatable bonds is 2. The third-order valence-electron chi connectivity index (χ3n) is 2.91. The topological polar surface area (TPSA) is 70.6 Å².